The highest BCUT2D eigenvalue weighted by Gasteiger charge is 2.68. The Balaban J connectivity index is 2.34. The van der Waals surface area contributed by atoms with E-state index in [1.54, 1.807) is 0 Å². The summed E-state index contributed by atoms with van der Waals surface area (Å²) >= 11 is 0. The minimum atomic E-state index is -0.183. The lowest BCUT2D eigenvalue weighted by atomic mass is 9.65. The molecule has 2 bridgehead atoms. The van der Waals surface area contributed by atoms with Crippen LogP contribution < -0.4 is 0 Å². The summed E-state index contributed by atoms with van der Waals surface area (Å²) in [4.78, 5) is 12.2. The van der Waals surface area contributed by atoms with Crippen LogP contribution in [0.5, 0.6) is 0 Å². The van der Waals surface area contributed by atoms with Gasteiger partial charge in [-0.3, -0.25) is 4.79 Å². The number of carbonyl (C=O) groups is 1. The van der Waals surface area contributed by atoms with Crippen molar-refractivity contribution in [3.8, 4) is 0 Å². The standard InChI is InChI=1S/C13H22O2/c1-5-15-10(14)13-8-6-12(4,7-9-13)11(13,2)3/h5-9H2,1-4H3. The molecule has 2 rings (SSSR count). The van der Waals surface area contributed by atoms with E-state index in [-0.39, 0.29) is 16.8 Å². The molecule has 2 aliphatic rings. The summed E-state index contributed by atoms with van der Waals surface area (Å²) in [6, 6.07) is 0. The zero-order valence-corrected chi connectivity index (χ0v) is 10.4. The summed E-state index contributed by atoms with van der Waals surface area (Å²) < 4.78 is 5.29. The molecule has 0 amide bonds. The topological polar surface area (TPSA) is 26.3 Å². The zero-order valence-electron chi connectivity index (χ0n) is 10.4. The van der Waals surface area contributed by atoms with Gasteiger partial charge in [-0.05, 0) is 43.4 Å². The largest absolute Gasteiger partial charge is 0.466 e. The smallest absolute Gasteiger partial charge is 0.312 e. The minimum Gasteiger partial charge on any atom is -0.466 e. The lowest BCUT2D eigenvalue weighted by Crippen LogP contribution is -2.41. The summed E-state index contributed by atoms with van der Waals surface area (Å²) in [5.41, 5.74) is 0.268. The van der Waals surface area contributed by atoms with Gasteiger partial charge in [0.15, 0.2) is 0 Å². The van der Waals surface area contributed by atoms with Crippen molar-refractivity contribution in [1.82, 2.24) is 0 Å². The van der Waals surface area contributed by atoms with Crippen LogP contribution in [0.25, 0.3) is 0 Å². The molecular weight excluding hydrogens is 188 g/mol. The molecule has 2 aliphatic carbocycles. The van der Waals surface area contributed by atoms with Crippen LogP contribution in [0.2, 0.25) is 0 Å². The third-order valence-corrected chi connectivity index (χ3v) is 5.58. The second-order valence-electron chi connectivity index (χ2n) is 5.99. The highest BCUT2D eigenvalue weighted by molar-refractivity contribution is 5.79. The maximum absolute atomic E-state index is 12.2. The van der Waals surface area contributed by atoms with E-state index in [1.165, 1.54) is 12.8 Å². The molecule has 2 nitrogen and oxygen atoms in total. The summed E-state index contributed by atoms with van der Waals surface area (Å²) in [5.74, 6) is 0.0521. The third kappa shape index (κ3) is 1.08. The lowest BCUT2D eigenvalue weighted by Gasteiger charge is -2.39. The maximum atomic E-state index is 12.2. The first-order valence-corrected chi connectivity index (χ1v) is 6.07. The first-order valence-electron chi connectivity index (χ1n) is 6.07. The van der Waals surface area contributed by atoms with Gasteiger partial charge in [0.1, 0.15) is 0 Å². The average Bonchev–Trinajstić information content (AvgIpc) is 2.49. The third-order valence-electron chi connectivity index (χ3n) is 5.58. The summed E-state index contributed by atoms with van der Waals surface area (Å²) in [7, 11) is 0. The fraction of sp³-hybridized carbons (Fsp3) is 0.923. The summed E-state index contributed by atoms with van der Waals surface area (Å²) in [6.07, 6.45) is 4.41. The average molecular weight is 210 g/mol. The van der Waals surface area contributed by atoms with Crippen molar-refractivity contribution in [3.05, 3.63) is 0 Å². The number of hydrogen-bond acceptors (Lipinski definition) is 2. The van der Waals surface area contributed by atoms with Crippen LogP contribution in [0.4, 0.5) is 0 Å². The number of fused-ring (bicyclic) bond motifs is 2. The number of esters is 1. The summed E-state index contributed by atoms with van der Waals surface area (Å²) in [6.45, 7) is 9.24. The predicted molar refractivity (Wildman–Crippen MR) is 59.4 cm³/mol. The van der Waals surface area contributed by atoms with Crippen molar-refractivity contribution in [2.45, 2.75) is 53.4 Å². The van der Waals surface area contributed by atoms with Gasteiger partial charge in [0, 0.05) is 0 Å². The monoisotopic (exact) mass is 210 g/mol. The normalized spacial score (nSPS) is 41.9. The molecule has 0 aliphatic heterocycles. The van der Waals surface area contributed by atoms with E-state index in [0.717, 1.165) is 12.8 Å². The molecule has 15 heavy (non-hydrogen) atoms. The first kappa shape index (κ1) is 11.0. The Morgan fingerprint density at radius 1 is 1.13 bits per heavy atom. The molecule has 0 saturated heterocycles. The van der Waals surface area contributed by atoms with Crippen LogP contribution in [0.3, 0.4) is 0 Å². The minimum absolute atomic E-state index is 0.0521. The van der Waals surface area contributed by atoms with Crippen LogP contribution in [-0.4, -0.2) is 12.6 Å². The molecule has 2 fully saturated rings. The van der Waals surface area contributed by atoms with E-state index < -0.39 is 0 Å². The van der Waals surface area contributed by atoms with Gasteiger partial charge in [0.05, 0.1) is 12.0 Å². The van der Waals surface area contributed by atoms with E-state index in [2.05, 4.69) is 20.8 Å². The first-order chi connectivity index (χ1) is 6.90. The van der Waals surface area contributed by atoms with Gasteiger partial charge in [-0.25, -0.2) is 0 Å². The van der Waals surface area contributed by atoms with Crippen LogP contribution in [0.15, 0.2) is 0 Å². The Bertz CT molecular complexity index is 283. The molecule has 2 saturated carbocycles. The van der Waals surface area contributed by atoms with Crippen LogP contribution >= 0.6 is 0 Å². The van der Waals surface area contributed by atoms with Gasteiger partial charge in [-0.1, -0.05) is 20.8 Å². The zero-order chi connectivity index (χ0) is 11.3. The second-order valence-corrected chi connectivity index (χ2v) is 5.99. The quantitative estimate of drug-likeness (QED) is 0.654. The number of ether oxygens (including phenoxy) is 1. The Morgan fingerprint density at radius 2 is 1.67 bits per heavy atom. The molecule has 0 spiro atoms. The van der Waals surface area contributed by atoms with E-state index in [0.29, 0.717) is 12.0 Å². The lowest BCUT2D eigenvalue weighted by molar-refractivity contribution is -0.161. The van der Waals surface area contributed by atoms with Crippen molar-refractivity contribution < 1.29 is 9.53 Å². The van der Waals surface area contributed by atoms with Crippen molar-refractivity contribution in [3.63, 3.8) is 0 Å². The maximum Gasteiger partial charge on any atom is 0.312 e. The number of hydrogen-bond donors (Lipinski definition) is 0. The van der Waals surface area contributed by atoms with Crippen molar-refractivity contribution in [2.24, 2.45) is 16.2 Å². The van der Waals surface area contributed by atoms with Gasteiger partial charge < -0.3 is 4.74 Å². The number of carbonyl (C=O) groups excluding carboxylic acids is 1. The fourth-order valence-corrected chi connectivity index (χ4v) is 3.78. The van der Waals surface area contributed by atoms with Gasteiger partial charge in [-0.2, -0.15) is 0 Å². The van der Waals surface area contributed by atoms with Crippen molar-refractivity contribution in [1.29, 1.82) is 0 Å². The Morgan fingerprint density at radius 3 is 2.00 bits per heavy atom. The molecule has 0 unspecified atom stereocenters. The molecule has 0 heterocycles. The van der Waals surface area contributed by atoms with E-state index in [1.807, 2.05) is 6.92 Å². The highest BCUT2D eigenvalue weighted by atomic mass is 16.5. The van der Waals surface area contributed by atoms with Crippen LogP contribution in [0.1, 0.15) is 53.4 Å². The highest BCUT2D eigenvalue weighted by Crippen LogP contribution is 2.72. The molecule has 2 heteroatoms. The Hall–Kier alpha value is -0.530. The molecular formula is C13H22O2. The van der Waals surface area contributed by atoms with E-state index >= 15 is 0 Å². The van der Waals surface area contributed by atoms with Gasteiger partial charge in [-0.15, -0.1) is 0 Å². The Kier molecular flexibility index (Phi) is 2.19. The number of rotatable bonds is 2. The molecule has 0 aromatic heterocycles. The van der Waals surface area contributed by atoms with E-state index in [9.17, 15) is 4.79 Å². The molecule has 0 aromatic rings. The molecule has 0 N–H and O–H groups in total. The van der Waals surface area contributed by atoms with Crippen molar-refractivity contribution in [2.75, 3.05) is 6.61 Å². The van der Waals surface area contributed by atoms with Gasteiger partial charge >= 0.3 is 5.97 Å². The fourth-order valence-electron chi connectivity index (χ4n) is 3.78. The van der Waals surface area contributed by atoms with E-state index in [4.69, 9.17) is 4.74 Å². The van der Waals surface area contributed by atoms with Gasteiger partial charge in [0.25, 0.3) is 0 Å². The molecule has 0 aromatic carbocycles. The SMILES string of the molecule is CCOC(=O)C12CCC(C)(CC1)C2(C)C. The van der Waals surface area contributed by atoms with Crippen LogP contribution in [0, 0.1) is 16.2 Å². The molecule has 0 atom stereocenters. The Labute approximate surface area is 92.4 Å². The van der Waals surface area contributed by atoms with Crippen LogP contribution in [-0.2, 0) is 9.53 Å². The predicted octanol–water partition coefficient (Wildman–Crippen LogP) is 3.16. The molecule has 86 valence electrons. The van der Waals surface area contributed by atoms with Crippen molar-refractivity contribution >= 4 is 5.97 Å². The second kappa shape index (κ2) is 2.99. The van der Waals surface area contributed by atoms with Gasteiger partial charge in [0.2, 0.25) is 0 Å². The summed E-state index contributed by atoms with van der Waals surface area (Å²) in [5, 5.41) is 0. The molecule has 0 radical (unpaired) electrons.